The quantitative estimate of drug-likeness (QED) is 0.452. The molecule has 0 bridgehead atoms. The van der Waals surface area contributed by atoms with E-state index in [-0.39, 0.29) is 26.4 Å². The highest BCUT2D eigenvalue weighted by molar-refractivity contribution is 6.74. The van der Waals surface area contributed by atoms with E-state index in [0.29, 0.717) is 22.6 Å². The Morgan fingerprint density at radius 1 is 0.586 bits per heavy atom. The van der Waals surface area contributed by atoms with Crippen molar-refractivity contribution in [3.05, 3.63) is 59.7 Å². The van der Waals surface area contributed by atoms with E-state index in [1.807, 2.05) is 0 Å². The maximum atomic E-state index is 8.90. The third-order valence-corrected chi connectivity index (χ3v) is 5.85. The summed E-state index contributed by atoms with van der Waals surface area (Å²) in [6, 6.07) is 13.0. The number of halogens is 6. The van der Waals surface area contributed by atoms with Gasteiger partial charge in [-0.1, -0.05) is 93.9 Å². The van der Waals surface area contributed by atoms with Gasteiger partial charge in [0.05, 0.1) is 13.2 Å². The van der Waals surface area contributed by atoms with Crippen LogP contribution in [0.2, 0.25) is 0 Å². The zero-order chi connectivity index (χ0) is 21.7. The molecule has 0 aromatic heterocycles. The van der Waals surface area contributed by atoms with Gasteiger partial charge in [-0.3, -0.25) is 0 Å². The van der Waals surface area contributed by atoms with Crippen LogP contribution >= 0.6 is 69.6 Å². The Balaban J connectivity index is 2.60. The van der Waals surface area contributed by atoms with Crippen LogP contribution in [-0.4, -0.2) is 44.2 Å². The molecular weight excluding hydrogens is 505 g/mol. The first-order valence-electron chi connectivity index (χ1n) is 8.39. The Morgan fingerprint density at radius 3 is 1.14 bits per heavy atom. The summed E-state index contributed by atoms with van der Waals surface area (Å²) in [5.74, 6) is 0.996. The van der Waals surface area contributed by atoms with Gasteiger partial charge in [-0.05, 0) is 35.4 Å². The van der Waals surface area contributed by atoms with Crippen molar-refractivity contribution in [1.29, 1.82) is 0 Å². The summed E-state index contributed by atoms with van der Waals surface area (Å²) in [6.07, 6.45) is 0. The highest BCUT2D eigenvalue weighted by atomic mass is 35.6. The standard InChI is InChI=1S/C19H18Cl6O4/c20-18(21,22)17(19(23,24)25,13-1-5-15(6-2-13)28-11-9-26)14-3-7-16(8-4-14)29-12-10-27/h1-8,26-27H,9-12H2. The summed E-state index contributed by atoms with van der Waals surface area (Å²) in [6.45, 7) is 0.0147. The molecule has 0 radical (unpaired) electrons. The van der Waals surface area contributed by atoms with Crippen LogP contribution in [0.3, 0.4) is 0 Å². The van der Waals surface area contributed by atoms with Crippen LogP contribution in [0, 0.1) is 0 Å². The molecule has 0 fully saturated rings. The molecule has 2 N–H and O–H groups in total. The van der Waals surface area contributed by atoms with Gasteiger partial charge in [-0.25, -0.2) is 0 Å². The Hall–Kier alpha value is -0.300. The van der Waals surface area contributed by atoms with Crippen molar-refractivity contribution in [2.24, 2.45) is 0 Å². The Bertz CT molecular complexity index is 702. The van der Waals surface area contributed by atoms with Gasteiger partial charge in [-0.15, -0.1) is 0 Å². The monoisotopic (exact) mass is 520 g/mol. The van der Waals surface area contributed by atoms with E-state index in [4.69, 9.17) is 89.3 Å². The van der Waals surface area contributed by atoms with Gasteiger partial charge in [0, 0.05) is 0 Å². The molecule has 0 saturated carbocycles. The van der Waals surface area contributed by atoms with Crippen molar-refractivity contribution in [3.8, 4) is 11.5 Å². The van der Waals surface area contributed by atoms with Crippen LogP contribution in [0.1, 0.15) is 11.1 Å². The zero-order valence-electron chi connectivity index (χ0n) is 14.9. The van der Waals surface area contributed by atoms with Crippen LogP contribution in [0.25, 0.3) is 0 Å². The molecule has 2 aromatic rings. The number of benzene rings is 2. The maximum Gasteiger partial charge on any atom is 0.208 e. The van der Waals surface area contributed by atoms with Crippen LogP contribution in [0.5, 0.6) is 11.5 Å². The second-order valence-corrected chi connectivity index (χ2v) is 10.5. The van der Waals surface area contributed by atoms with Gasteiger partial charge < -0.3 is 19.7 Å². The van der Waals surface area contributed by atoms with Gasteiger partial charge in [0.25, 0.3) is 0 Å². The number of aliphatic hydroxyl groups excluding tert-OH is 2. The zero-order valence-corrected chi connectivity index (χ0v) is 19.5. The average molecular weight is 523 g/mol. The second kappa shape index (κ2) is 10.3. The minimum Gasteiger partial charge on any atom is -0.491 e. The molecule has 0 atom stereocenters. The minimum absolute atomic E-state index is 0.126. The Labute approximate surface area is 199 Å². The van der Waals surface area contributed by atoms with E-state index in [9.17, 15) is 0 Å². The van der Waals surface area contributed by atoms with Crippen molar-refractivity contribution in [1.82, 2.24) is 0 Å². The molecule has 2 rings (SSSR count). The summed E-state index contributed by atoms with van der Waals surface area (Å²) in [7, 11) is 0. The van der Waals surface area contributed by atoms with Gasteiger partial charge in [0.1, 0.15) is 30.1 Å². The average Bonchev–Trinajstić information content (AvgIpc) is 2.65. The fourth-order valence-corrected chi connectivity index (χ4v) is 5.51. The molecule has 0 saturated heterocycles. The normalized spacial score (nSPS) is 12.7. The first kappa shape index (κ1) is 25.0. The van der Waals surface area contributed by atoms with Crippen LogP contribution in [-0.2, 0) is 5.41 Å². The van der Waals surface area contributed by atoms with Crippen LogP contribution in [0.15, 0.2) is 48.5 Å². The lowest BCUT2D eigenvalue weighted by Crippen LogP contribution is -2.51. The first-order valence-corrected chi connectivity index (χ1v) is 10.7. The molecule has 29 heavy (non-hydrogen) atoms. The van der Waals surface area contributed by atoms with E-state index in [2.05, 4.69) is 0 Å². The lowest BCUT2D eigenvalue weighted by molar-refractivity contribution is 0.201. The summed E-state index contributed by atoms with van der Waals surface area (Å²) in [4.78, 5) is 0. The lowest BCUT2D eigenvalue weighted by atomic mass is 9.76. The molecule has 0 aliphatic rings. The molecule has 0 unspecified atom stereocenters. The number of alkyl halides is 6. The second-order valence-electron chi connectivity index (χ2n) is 5.94. The van der Waals surface area contributed by atoms with Gasteiger partial charge in [-0.2, -0.15) is 0 Å². The molecule has 0 amide bonds. The number of rotatable bonds is 8. The molecule has 0 spiro atoms. The van der Waals surface area contributed by atoms with E-state index >= 15 is 0 Å². The van der Waals surface area contributed by atoms with Gasteiger partial charge >= 0.3 is 0 Å². The molecule has 4 nitrogen and oxygen atoms in total. The maximum absolute atomic E-state index is 8.90. The van der Waals surface area contributed by atoms with Crippen molar-refractivity contribution in [2.75, 3.05) is 26.4 Å². The van der Waals surface area contributed by atoms with Crippen LogP contribution in [0.4, 0.5) is 0 Å². The first-order chi connectivity index (χ1) is 13.6. The van der Waals surface area contributed by atoms with E-state index in [1.54, 1.807) is 48.5 Å². The van der Waals surface area contributed by atoms with Crippen molar-refractivity contribution in [3.63, 3.8) is 0 Å². The molecular formula is C19H18Cl6O4. The molecule has 10 heteroatoms. The smallest absolute Gasteiger partial charge is 0.208 e. The summed E-state index contributed by atoms with van der Waals surface area (Å²) in [5.41, 5.74) is -0.823. The van der Waals surface area contributed by atoms with Crippen molar-refractivity contribution < 1.29 is 19.7 Å². The summed E-state index contributed by atoms with van der Waals surface area (Å²) < 4.78 is 6.62. The summed E-state index contributed by atoms with van der Waals surface area (Å²) >= 11 is 38.4. The topological polar surface area (TPSA) is 58.9 Å². The number of aliphatic hydroxyl groups is 2. The SMILES string of the molecule is OCCOc1ccc(C(c2ccc(OCCO)cc2)(C(Cl)(Cl)Cl)C(Cl)(Cl)Cl)cc1. The van der Waals surface area contributed by atoms with E-state index < -0.39 is 13.0 Å². The highest BCUT2D eigenvalue weighted by Crippen LogP contribution is 2.62. The third-order valence-electron chi connectivity index (χ3n) is 4.15. The fraction of sp³-hybridized carbons (Fsp3) is 0.368. The lowest BCUT2D eigenvalue weighted by Gasteiger charge is -2.45. The molecule has 0 heterocycles. The van der Waals surface area contributed by atoms with E-state index in [1.165, 1.54) is 0 Å². The van der Waals surface area contributed by atoms with Gasteiger partial charge in [0.15, 0.2) is 0 Å². The highest BCUT2D eigenvalue weighted by Gasteiger charge is 2.63. The minimum atomic E-state index is -2.06. The number of hydrogen-bond donors (Lipinski definition) is 2. The summed E-state index contributed by atoms with van der Waals surface area (Å²) in [5, 5.41) is 17.8. The van der Waals surface area contributed by atoms with Crippen molar-refractivity contribution >= 4 is 69.6 Å². The predicted molar refractivity (Wildman–Crippen MR) is 119 cm³/mol. The predicted octanol–water partition coefficient (Wildman–Crippen LogP) is 5.46. The third kappa shape index (κ3) is 5.50. The number of ether oxygens (including phenoxy) is 2. The largest absolute Gasteiger partial charge is 0.491 e. The van der Waals surface area contributed by atoms with E-state index in [0.717, 1.165) is 0 Å². The van der Waals surface area contributed by atoms with Crippen LogP contribution < -0.4 is 9.47 Å². The fourth-order valence-electron chi connectivity index (χ4n) is 2.91. The van der Waals surface area contributed by atoms with Crippen molar-refractivity contribution in [2.45, 2.75) is 13.0 Å². The molecule has 0 aliphatic heterocycles. The molecule has 0 aliphatic carbocycles. The number of hydrogen-bond acceptors (Lipinski definition) is 4. The Morgan fingerprint density at radius 2 is 0.897 bits per heavy atom. The Kier molecular flexibility index (Phi) is 8.90. The molecule has 2 aromatic carbocycles. The van der Waals surface area contributed by atoms with Gasteiger partial charge in [0.2, 0.25) is 7.59 Å². The molecule has 160 valence electrons.